The number of carbonyl (C=O) groups excluding carboxylic acids is 1. The molecule has 1 unspecified atom stereocenters. The fraction of sp³-hybridized carbons (Fsp3) is 0.0833. The van der Waals surface area contributed by atoms with Crippen molar-refractivity contribution in [3.8, 4) is 0 Å². The summed E-state index contributed by atoms with van der Waals surface area (Å²) in [6, 6.07) is 6.61. The van der Waals surface area contributed by atoms with Crippen molar-refractivity contribution >= 4 is 44.9 Å². The molecule has 18 heavy (non-hydrogen) atoms. The Bertz CT molecular complexity index is 575. The minimum absolute atomic E-state index is 0.182. The van der Waals surface area contributed by atoms with Crippen molar-refractivity contribution < 1.29 is 4.79 Å². The summed E-state index contributed by atoms with van der Waals surface area (Å²) in [6.07, 6.45) is 4.56. The van der Waals surface area contributed by atoms with Gasteiger partial charge >= 0.3 is 0 Å². The van der Waals surface area contributed by atoms with E-state index in [1.165, 1.54) is 12.4 Å². The second-order valence-electron chi connectivity index (χ2n) is 3.49. The van der Waals surface area contributed by atoms with Crippen LogP contribution >= 0.6 is 39.1 Å². The van der Waals surface area contributed by atoms with E-state index in [9.17, 15) is 4.79 Å². The number of nitrogens with zero attached hydrogens (tertiary/aromatic N) is 2. The number of hydrogen-bond donors (Lipinski definition) is 0. The van der Waals surface area contributed by atoms with Crippen LogP contribution in [0.25, 0.3) is 0 Å². The van der Waals surface area contributed by atoms with Gasteiger partial charge in [0.25, 0.3) is 0 Å². The first-order valence-corrected chi connectivity index (χ1v) is 6.52. The van der Waals surface area contributed by atoms with Gasteiger partial charge in [0, 0.05) is 29.7 Å². The normalized spacial score (nSPS) is 13.9. The lowest BCUT2D eigenvalue weighted by atomic mass is 10.1. The van der Waals surface area contributed by atoms with E-state index in [2.05, 4.69) is 25.9 Å². The Kier molecular flexibility index (Phi) is 4.00. The summed E-state index contributed by atoms with van der Waals surface area (Å²) in [5.41, 5.74) is 0.798. The molecule has 92 valence electrons. The number of pyridine rings is 2. The maximum Gasteiger partial charge on any atom is 0.200 e. The number of hydrogen-bond acceptors (Lipinski definition) is 3. The molecule has 0 bridgehead atoms. The Morgan fingerprint density at radius 3 is 2.61 bits per heavy atom. The van der Waals surface area contributed by atoms with E-state index in [0.717, 1.165) is 0 Å². The average Bonchev–Trinajstić information content (AvgIpc) is 2.39. The van der Waals surface area contributed by atoms with Gasteiger partial charge in [0.05, 0.1) is 0 Å². The van der Waals surface area contributed by atoms with Crippen LogP contribution in [-0.2, 0) is 3.78 Å². The number of carbonyl (C=O) groups is 1. The largest absolute Gasteiger partial charge is 0.291 e. The van der Waals surface area contributed by atoms with E-state index in [1.807, 2.05) is 0 Å². The first-order chi connectivity index (χ1) is 8.53. The van der Waals surface area contributed by atoms with Crippen molar-refractivity contribution in [3.05, 3.63) is 59.1 Å². The maximum atomic E-state index is 12.3. The number of rotatable bonds is 3. The van der Waals surface area contributed by atoms with Crippen molar-refractivity contribution in [2.75, 3.05) is 0 Å². The van der Waals surface area contributed by atoms with Gasteiger partial charge in [-0.3, -0.25) is 9.78 Å². The first-order valence-electron chi connectivity index (χ1n) is 4.97. The number of Topliss-reactive ketones (excluding diaryl/α,β-unsaturated/α-hetero) is 1. The van der Waals surface area contributed by atoms with Gasteiger partial charge in [0.2, 0.25) is 5.78 Å². The monoisotopic (exact) mass is 344 g/mol. The molecule has 0 aromatic carbocycles. The van der Waals surface area contributed by atoms with Crippen LogP contribution in [0.1, 0.15) is 15.9 Å². The van der Waals surface area contributed by atoms with Crippen LogP contribution in [0.3, 0.4) is 0 Å². The van der Waals surface area contributed by atoms with Gasteiger partial charge in [0.15, 0.2) is 3.78 Å². The molecule has 0 saturated heterocycles. The molecule has 0 aliphatic rings. The molecule has 0 aliphatic carbocycles. The van der Waals surface area contributed by atoms with Crippen LogP contribution in [0.5, 0.6) is 0 Å². The second kappa shape index (κ2) is 5.34. The Labute approximate surface area is 122 Å². The van der Waals surface area contributed by atoms with E-state index in [1.54, 1.807) is 30.5 Å². The number of aromatic nitrogens is 2. The van der Waals surface area contributed by atoms with Gasteiger partial charge in [-0.05, 0) is 18.2 Å². The standard InChI is InChI=1S/C12H7BrCl2N2O/c13-12(15,9-4-2-6-17-11(9)14)10(18)8-3-1-5-16-7-8/h1-7H. The van der Waals surface area contributed by atoms with Crippen molar-refractivity contribution in [2.45, 2.75) is 3.78 Å². The van der Waals surface area contributed by atoms with Gasteiger partial charge in [0.1, 0.15) is 5.15 Å². The van der Waals surface area contributed by atoms with Crippen LogP contribution in [0.4, 0.5) is 0 Å². The highest BCUT2D eigenvalue weighted by atomic mass is 79.9. The third kappa shape index (κ3) is 2.55. The Morgan fingerprint density at radius 2 is 2.00 bits per heavy atom. The highest BCUT2D eigenvalue weighted by Crippen LogP contribution is 2.41. The average molecular weight is 346 g/mol. The van der Waals surface area contributed by atoms with Gasteiger partial charge < -0.3 is 0 Å². The third-order valence-corrected chi connectivity index (χ3v) is 3.77. The summed E-state index contributed by atoms with van der Waals surface area (Å²) in [6.45, 7) is 0. The lowest BCUT2D eigenvalue weighted by Gasteiger charge is -2.19. The highest BCUT2D eigenvalue weighted by molar-refractivity contribution is 9.10. The molecule has 2 heterocycles. The zero-order valence-corrected chi connectivity index (χ0v) is 12.1. The van der Waals surface area contributed by atoms with Gasteiger partial charge in [-0.15, -0.1) is 0 Å². The smallest absolute Gasteiger partial charge is 0.200 e. The second-order valence-corrected chi connectivity index (χ2v) is 6.06. The van der Waals surface area contributed by atoms with Gasteiger partial charge in [-0.2, -0.15) is 0 Å². The number of ketones is 1. The van der Waals surface area contributed by atoms with Crippen molar-refractivity contribution in [2.24, 2.45) is 0 Å². The lowest BCUT2D eigenvalue weighted by molar-refractivity contribution is 0.0977. The molecule has 0 amide bonds. The van der Waals surface area contributed by atoms with Crippen LogP contribution in [0, 0.1) is 0 Å². The molecule has 0 aliphatic heterocycles. The van der Waals surface area contributed by atoms with E-state index >= 15 is 0 Å². The molecule has 6 heteroatoms. The Balaban J connectivity index is 2.44. The van der Waals surface area contributed by atoms with E-state index in [0.29, 0.717) is 11.1 Å². The zero-order chi connectivity index (χ0) is 13.2. The topological polar surface area (TPSA) is 42.9 Å². The van der Waals surface area contributed by atoms with Crippen molar-refractivity contribution in [1.29, 1.82) is 0 Å². The Hall–Kier alpha value is -0.970. The maximum absolute atomic E-state index is 12.3. The highest BCUT2D eigenvalue weighted by Gasteiger charge is 2.38. The molecule has 0 radical (unpaired) electrons. The molecule has 0 spiro atoms. The van der Waals surface area contributed by atoms with E-state index < -0.39 is 3.78 Å². The molecule has 0 N–H and O–H groups in total. The summed E-state index contributed by atoms with van der Waals surface area (Å²) < 4.78 is -1.44. The SMILES string of the molecule is O=C(c1cccnc1)C(Cl)(Br)c1cccnc1Cl. The molecule has 1 atom stereocenters. The lowest BCUT2D eigenvalue weighted by Crippen LogP contribution is -2.24. The van der Waals surface area contributed by atoms with E-state index in [4.69, 9.17) is 23.2 Å². The number of halogens is 3. The molecule has 2 rings (SSSR count). The predicted molar refractivity (Wildman–Crippen MR) is 74.3 cm³/mol. The molecule has 2 aromatic rings. The summed E-state index contributed by atoms with van der Waals surface area (Å²) in [5, 5.41) is 0.182. The van der Waals surface area contributed by atoms with Crippen LogP contribution in [0.15, 0.2) is 42.9 Å². The molecular weight excluding hydrogens is 339 g/mol. The zero-order valence-electron chi connectivity index (χ0n) is 8.98. The Morgan fingerprint density at radius 1 is 1.28 bits per heavy atom. The first kappa shape index (κ1) is 13.5. The summed E-state index contributed by atoms with van der Waals surface area (Å²) in [5.74, 6) is -0.341. The molecular formula is C12H7BrCl2N2O. The van der Waals surface area contributed by atoms with E-state index in [-0.39, 0.29) is 10.9 Å². The summed E-state index contributed by atoms with van der Waals surface area (Å²) >= 11 is 15.4. The number of alkyl halides is 2. The fourth-order valence-electron chi connectivity index (χ4n) is 1.42. The molecule has 2 aromatic heterocycles. The predicted octanol–water partition coefficient (Wildman–Crippen LogP) is 3.80. The third-order valence-electron chi connectivity index (χ3n) is 2.31. The molecule has 3 nitrogen and oxygen atoms in total. The fourth-order valence-corrected chi connectivity index (χ4v) is 2.65. The van der Waals surface area contributed by atoms with Crippen LogP contribution < -0.4 is 0 Å². The van der Waals surface area contributed by atoms with Crippen molar-refractivity contribution in [3.63, 3.8) is 0 Å². The van der Waals surface area contributed by atoms with Gasteiger partial charge in [-0.25, -0.2) is 4.98 Å². The minimum Gasteiger partial charge on any atom is -0.291 e. The minimum atomic E-state index is -1.44. The quantitative estimate of drug-likeness (QED) is 0.482. The molecule has 0 fully saturated rings. The summed E-state index contributed by atoms with van der Waals surface area (Å²) in [4.78, 5) is 20.1. The van der Waals surface area contributed by atoms with Crippen LogP contribution in [0.2, 0.25) is 5.15 Å². The van der Waals surface area contributed by atoms with Gasteiger partial charge in [-0.1, -0.05) is 45.2 Å². The summed E-state index contributed by atoms with van der Waals surface area (Å²) in [7, 11) is 0. The van der Waals surface area contributed by atoms with Crippen molar-refractivity contribution in [1.82, 2.24) is 9.97 Å². The molecule has 0 saturated carbocycles. The van der Waals surface area contributed by atoms with Crippen LogP contribution in [-0.4, -0.2) is 15.8 Å².